The van der Waals surface area contributed by atoms with Crippen molar-refractivity contribution in [1.82, 2.24) is 9.55 Å². The molecule has 6 nitrogen and oxygen atoms in total. The van der Waals surface area contributed by atoms with E-state index in [1.807, 2.05) is 0 Å². The van der Waals surface area contributed by atoms with Crippen LogP contribution in [0.3, 0.4) is 0 Å². The molecule has 0 unspecified atom stereocenters. The van der Waals surface area contributed by atoms with Gasteiger partial charge in [0, 0.05) is 7.05 Å². The zero-order chi connectivity index (χ0) is 14.0. The molecule has 0 aliphatic rings. The zero-order valence-corrected chi connectivity index (χ0v) is 11.5. The van der Waals surface area contributed by atoms with Crippen molar-refractivity contribution < 1.29 is 13.5 Å². The van der Waals surface area contributed by atoms with Crippen LogP contribution in [0.4, 0.5) is 0 Å². The third kappa shape index (κ3) is 3.09. The molecule has 0 saturated heterocycles. The summed E-state index contributed by atoms with van der Waals surface area (Å²) in [6.45, 7) is 3.13. The number of imidazole rings is 1. The van der Waals surface area contributed by atoms with Crippen LogP contribution in [0.1, 0.15) is 26.0 Å². The van der Waals surface area contributed by atoms with E-state index in [4.69, 9.17) is 10.4 Å². The Hall–Kier alpha value is -1.39. The first-order valence-electron chi connectivity index (χ1n) is 5.49. The lowest BCUT2D eigenvalue weighted by molar-refractivity contribution is 0.271. The Morgan fingerprint density at radius 1 is 1.56 bits per heavy atom. The van der Waals surface area contributed by atoms with E-state index in [9.17, 15) is 8.42 Å². The molecule has 1 N–H and O–H groups in total. The molecule has 0 aliphatic carbocycles. The van der Waals surface area contributed by atoms with Crippen molar-refractivity contribution in [3.8, 4) is 6.07 Å². The monoisotopic (exact) mass is 271 g/mol. The number of nitrogens with zero attached hydrogens (tertiary/aromatic N) is 3. The van der Waals surface area contributed by atoms with Crippen molar-refractivity contribution in [3.05, 3.63) is 11.9 Å². The predicted octanol–water partition coefficient (Wildman–Crippen LogP) is 0.626. The third-order valence-electron chi connectivity index (χ3n) is 2.78. The number of aliphatic hydroxyl groups is 1. The van der Waals surface area contributed by atoms with Gasteiger partial charge in [-0.1, -0.05) is 0 Å². The van der Waals surface area contributed by atoms with E-state index >= 15 is 0 Å². The maximum atomic E-state index is 12.1. The van der Waals surface area contributed by atoms with Crippen molar-refractivity contribution in [2.24, 2.45) is 12.5 Å². The molecule has 0 spiro atoms. The Bertz CT molecular complexity index is 567. The predicted molar refractivity (Wildman–Crippen MR) is 65.2 cm³/mol. The maximum absolute atomic E-state index is 12.1. The summed E-state index contributed by atoms with van der Waals surface area (Å²) in [5, 5.41) is 17.8. The van der Waals surface area contributed by atoms with E-state index in [1.165, 1.54) is 10.8 Å². The van der Waals surface area contributed by atoms with Crippen molar-refractivity contribution >= 4 is 9.84 Å². The molecule has 0 aliphatic heterocycles. The molecule has 0 saturated carbocycles. The summed E-state index contributed by atoms with van der Waals surface area (Å²) in [5.41, 5.74) is -0.244. The Morgan fingerprint density at radius 2 is 2.17 bits per heavy atom. The van der Waals surface area contributed by atoms with Crippen LogP contribution in [0.2, 0.25) is 0 Å². The summed E-state index contributed by atoms with van der Waals surface area (Å²) in [6.07, 6.45) is 1.58. The van der Waals surface area contributed by atoms with Gasteiger partial charge in [-0.3, -0.25) is 0 Å². The first kappa shape index (κ1) is 14.7. The first-order chi connectivity index (χ1) is 8.23. The lowest BCUT2D eigenvalue weighted by Crippen LogP contribution is -2.19. The Morgan fingerprint density at radius 3 is 2.61 bits per heavy atom. The molecule has 100 valence electrons. The molecule has 18 heavy (non-hydrogen) atoms. The molecule has 1 aromatic rings. The Labute approximate surface area is 107 Å². The topological polar surface area (TPSA) is 96.0 Å². The van der Waals surface area contributed by atoms with E-state index in [0.29, 0.717) is 5.69 Å². The van der Waals surface area contributed by atoms with Crippen LogP contribution in [-0.4, -0.2) is 28.8 Å². The standard InChI is InChI=1S/C11H17N3O3S/c1-11(2,8-12)4-5-18(16,17)10-13-6-9(7-15)14(10)3/h6,15H,4-5,7H2,1-3H3. The molecule has 7 heteroatoms. The van der Waals surface area contributed by atoms with Gasteiger partial charge in [-0.25, -0.2) is 13.4 Å². The summed E-state index contributed by atoms with van der Waals surface area (Å²) in [5.74, 6) is -0.136. The molecule has 0 bridgehead atoms. The number of aliphatic hydroxyl groups excluding tert-OH is 1. The highest BCUT2D eigenvalue weighted by Gasteiger charge is 2.26. The average Bonchev–Trinajstić information content (AvgIpc) is 2.69. The van der Waals surface area contributed by atoms with Crippen LogP contribution in [0.25, 0.3) is 0 Å². The summed E-state index contributed by atoms with van der Waals surface area (Å²) in [4.78, 5) is 3.82. The quantitative estimate of drug-likeness (QED) is 0.847. The lowest BCUT2D eigenvalue weighted by Gasteiger charge is -2.14. The molecule has 0 aromatic carbocycles. The second-order valence-corrected chi connectivity index (χ2v) is 6.82. The van der Waals surface area contributed by atoms with Gasteiger partial charge < -0.3 is 9.67 Å². The van der Waals surface area contributed by atoms with Gasteiger partial charge >= 0.3 is 0 Å². The highest BCUT2D eigenvalue weighted by molar-refractivity contribution is 7.91. The van der Waals surface area contributed by atoms with Crippen molar-refractivity contribution in [2.75, 3.05) is 5.75 Å². The molecular formula is C11H17N3O3S. The fourth-order valence-electron chi connectivity index (χ4n) is 1.40. The summed E-state index contributed by atoms with van der Waals surface area (Å²) in [7, 11) is -1.99. The Balaban J connectivity index is 2.95. The third-order valence-corrected chi connectivity index (χ3v) is 4.46. The van der Waals surface area contributed by atoms with E-state index in [2.05, 4.69) is 11.1 Å². The summed E-state index contributed by atoms with van der Waals surface area (Å²) in [6, 6.07) is 2.06. The maximum Gasteiger partial charge on any atom is 0.227 e. The van der Waals surface area contributed by atoms with Gasteiger partial charge in [-0.15, -0.1) is 0 Å². The molecule has 1 heterocycles. The van der Waals surface area contributed by atoms with Gasteiger partial charge in [0.1, 0.15) is 0 Å². The summed E-state index contributed by atoms with van der Waals surface area (Å²) < 4.78 is 25.5. The molecular weight excluding hydrogens is 254 g/mol. The van der Waals surface area contributed by atoms with E-state index < -0.39 is 15.3 Å². The van der Waals surface area contributed by atoms with E-state index in [1.54, 1.807) is 20.9 Å². The van der Waals surface area contributed by atoms with Crippen LogP contribution in [0, 0.1) is 16.7 Å². The van der Waals surface area contributed by atoms with Crippen LogP contribution in [0.5, 0.6) is 0 Å². The number of aromatic nitrogens is 2. The minimum absolute atomic E-state index is 0.0692. The minimum atomic E-state index is -3.53. The molecule has 0 fully saturated rings. The Kier molecular flexibility index (Phi) is 4.14. The van der Waals surface area contributed by atoms with Gasteiger partial charge in [0.2, 0.25) is 15.0 Å². The van der Waals surface area contributed by atoms with Gasteiger partial charge in [-0.2, -0.15) is 5.26 Å². The van der Waals surface area contributed by atoms with Crippen molar-refractivity contribution in [3.63, 3.8) is 0 Å². The highest BCUT2D eigenvalue weighted by Crippen LogP contribution is 2.22. The second kappa shape index (κ2) is 5.08. The number of rotatable bonds is 5. The average molecular weight is 271 g/mol. The van der Waals surface area contributed by atoms with Gasteiger partial charge in [-0.05, 0) is 20.3 Å². The van der Waals surface area contributed by atoms with Crippen LogP contribution >= 0.6 is 0 Å². The van der Waals surface area contributed by atoms with Crippen molar-refractivity contribution in [2.45, 2.75) is 32.0 Å². The fraction of sp³-hybridized carbons (Fsp3) is 0.636. The molecule has 0 amide bonds. The molecule has 0 atom stereocenters. The number of hydrogen-bond donors (Lipinski definition) is 1. The number of hydrogen-bond acceptors (Lipinski definition) is 5. The fourth-order valence-corrected chi connectivity index (χ4v) is 3.11. The van der Waals surface area contributed by atoms with Crippen LogP contribution in [0.15, 0.2) is 11.4 Å². The largest absolute Gasteiger partial charge is 0.390 e. The first-order valence-corrected chi connectivity index (χ1v) is 7.14. The van der Waals surface area contributed by atoms with E-state index in [-0.39, 0.29) is 23.9 Å². The highest BCUT2D eigenvalue weighted by atomic mass is 32.2. The molecule has 1 aromatic heterocycles. The number of sulfone groups is 1. The second-order valence-electron chi connectivity index (χ2n) is 4.81. The van der Waals surface area contributed by atoms with Gasteiger partial charge in [0.05, 0.1) is 35.7 Å². The minimum Gasteiger partial charge on any atom is -0.390 e. The van der Waals surface area contributed by atoms with Crippen molar-refractivity contribution in [1.29, 1.82) is 5.26 Å². The van der Waals surface area contributed by atoms with Gasteiger partial charge in [0.15, 0.2) is 0 Å². The SMILES string of the molecule is Cn1c(CO)cnc1S(=O)(=O)CCC(C)(C)C#N. The summed E-state index contributed by atoms with van der Waals surface area (Å²) >= 11 is 0. The normalized spacial score (nSPS) is 12.4. The van der Waals surface area contributed by atoms with Gasteiger partial charge in [0.25, 0.3) is 0 Å². The van der Waals surface area contributed by atoms with E-state index in [0.717, 1.165) is 0 Å². The smallest absolute Gasteiger partial charge is 0.227 e. The molecule has 0 radical (unpaired) electrons. The van der Waals surface area contributed by atoms with Crippen LogP contribution in [-0.2, 0) is 23.5 Å². The number of nitriles is 1. The van der Waals surface area contributed by atoms with Crippen LogP contribution < -0.4 is 0 Å². The lowest BCUT2D eigenvalue weighted by atomic mass is 9.93. The molecule has 1 rings (SSSR count). The zero-order valence-electron chi connectivity index (χ0n) is 10.7.